The van der Waals surface area contributed by atoms with Gasteiger partial charge in [-0.1, -0.05) is 127 Å². The summed E-state index contributed by atoms with van der Waals surface area (Å²) in [5.74, 6) is 1.30. The van der Waals surface area contributed by atoms with Crippen molar-refractivity contribution in [3.63, 3.8) is 0 Å². The number of H-pyrrole nitrogens is 4. The van der Waals surface area contributed by atoms with Crippen molar-refractivity contribution in [2.24, 2.45) is 11.8 Å². The molecule has 10 heterocycles. The number of nitrogens with zero attached hydrogens (tertiary/aromatic N) is 9. The Hall–Kier alpha value is -12.7. The number of likely N-dealkylation sites (tertiary alicyclic amines) is 4. The van der Waals surface area contributed by atoms with E-state index >= 15 is 4.79 Å². The highest BCUT2D eigenvalue weighted by atomic mass is 16.8. The maximum Gasteiger partial charge on any atom is 0.443 e. The summed E-state index contributed by atoms with van der Waals surface area (Å²) in [6, 6.07) is 46.5. The zero-order valence-corrected chi connectivity index (χ0v) is 65.4. The van der Waals surface area contributed by atoms with Gasteiger partial charge in [0.2, 0.25) is 11.8 Å². The number of alkyl carbamates (subject to hydrolysis) is 2. The molecule has 0 bridgehead atoms. The van der Waals surface area contributed by atoms with Crippen molar-refractivity contribution in [2.45, 2.75) is 119 Å². The van der Waals surface area contributed by atoms with E-state index in [0.29, 0.717) is 133 Å². The van der Waals surface area contributed by atoms with Crippen LogP contribution >= 0.6 is 0 Å². The van der Waals surface area contributed by atoms with Crippen LogP contribution in [0.1, 0.15) is 136 Å². The van der Waals surface area contributed by atoms with Crippen LogP contribution in [0.5, 0.6) is 0 Å². The van der Waals surface area contributed by atoms with Gasteiger partial charge >= 0.3 is 24.4 Å². The molecular weight excluding hydrogens is 1490 g/mol. The lowest BCUT2D eigenvalue weighted by atomic mass is 9.90. The van der Waals surface area contributed by atoms with Crippen molar-refractivity contribution >= 4 is 63.6 Å². The van der Waals surface area contributed by atoms with Gasteiger partial charge in [0.15, 0.2) is 6.04 Å². The van der Waals surface area contributed by atoms with Crippen LogP contribution in [0.3, 0.4) is 0 Å². The molecule has 7 unspecified atom stereocenters. The second-order valence-electron chi connectivity index (χ2n) is 30.9. The second kappa shape index (κ2) is 34.0. The predicted octanol–water partition coefficient (Wildman–Crippen LogP) is 14.9. The van der Waals surface area contributed by atoms with Gasteiger partial charge in [0.05, 0.1) is 93.1 Å². The number of hydrogen-bond donors (Lipinski definition) is 6. The number of methoxy groups -OCH3 is 3. The third kappa shape index (κ3) is 16.0. The largest absolute Gasteiger partial charge is 0.453 e. The molecule has 17 rings (SSSR count). The lowest BCUT2D eigenvalue weighted by molar-refractivity contribution is -0.168. The maximum absolute atomic E-state index is 15.5. The summed E-state index contributed by atoms with van der Waals surface area (Å²) >= 11 is 0. The van der Waals surface area contributed by atoms with E-state index in [9.17, 15) is 28.8 Å². The zero-order chi connectivity index (χ0) is 80.2. The molecule has 7 atom stereocenters. The van der Waals surface area contributed by atoms with E-state index in [2.05, 4.69) is 134 Å². The molecule has 6 N–H and O–H groups in total. The standard InChI is InChI=1S/C89H93N15O13/c1-112-86(108)98-76(57-11-5-4-6-12-57)83(105)100-37-8-14-73(100)80-92-51-70(96-80)66-31-29-62-45-60(25-27-64(62)47-66)54-19-23-56(24-20-54)69-50-91-81(95-69)74-15-9-39-102(74)85(107)78(59-35-43-116-44-36-59)104(89(111)114-3)117-88(110)103-40-10-16-75(103)82-93-52-71(97-82)67-32-30-63-46-61(26-28-65(63)48-67)53-17-21-55(22-18-53)68-49-90-79(94-68)72-13-7-38-101(72)84(106)77(99-87(109)113-2)58-33-41-115-42-34-58/h4-6,11-12,17-32,45-52,58-59,72-78H,7-10,13-16,33-44H2,1-3H3,(H,90,94)(H,91,95)(H,92,96)(H,93,97)(H,98,108)(H,99,109). The zero-order valence-electron chi connectivity index (χ0n) is 65.4. The normalized spacial score (nSPS) is 19.3. The Labute approximate surface area is 675 Å². The summed E-state index contributed by atoms with van der Waals surface area (Å²) in [6.07, 6.45) is 11.9. The van der Waals surface area contributed by atoms with Crippen LogP contribution in [0, 0.1) is 11.8 Å². The van der Waals surface area contributed by atoms with Gasteiger partial charge in [-0.2, -0.15) is 0 Å². The van der Waals surface area contributed by atoms with Gasteiger partial charge in [0.25, 0.3) is 5.91 Å². The van der Waals surface area contributed by atoms with Crippen LogP contribution in [0.2, 0.25) is 0 Å². The number of fused-ring (bicyclic) bond motifs is 2. The lowest BCUT2D eigenvalue weighted by Gasteiger charge is -2.38. The molecule has 11 aromatic rings. The minimum Gasteiger partial charge on any atom is -0.453 e. The third-order valence-electron chi connectivity index (χ3n) is 24.1. The molecule has 6 aliphatic rings. The van der Waals surface area contributed by atoms with Crippen molar-refractivity contribution in [1.29, 1.82) is 0 Å². The van der Waals surface area contributed by atoms with E-state index in [4.69, 9.17) is 48.5 Å². The molecule has 7 amide bonds. The first-order valence-electron chi connectivity index (χ1n) is 40.4. The number of imidazole rings is 4. The van der Waals surface area contributed by atoms with Crippen LogP contribution in [0.15, 0.2) is 176 Å². The van der Waals surface area contributed by atoms with Gasteiger partial charge < -0.3 is 73.8 Å². The number of nitrogens with one attached hydrogen (secondary N) is 6. The number of hydroxylamine groups is 2. The molecule has 4 aromatic heterocycles. The fourth-order valence-corrected chi connectivity index (χ4v) is 17.9. The van der Waals surface area contributed by atoms with E-state index in [-0.39, 0.29) is 35.7 Å². The number of aromatic nitrogens is 8. The summed E-state index contributed by atoms with van der Waals surface area (Å²) < 4.78 is 26.5. The van der Waals surface area contributed by atoms with E-state index < -0.39 is 60.5 Å². The number of rotatable bonds is 19. The van der Waals surface area contributed by atoms with Crippen molar-refractivity contribution in [3.05, 3.63) is 205 Å². The summed E-state index contributed by atoms with van der Waals surface area (Å²) in [7, 11) is 3.79. The molecule has 6 saturated heterocycles. The lowest BCUT2D eigenvalue weighted by Crippen LogP contribution is -2.56. The SMILES string of the molecule is COC(=O)NC(C(=O)N1CCCC1c1ncc(-c2ccc3cc(-c4ccc(-c5cnc(C6CCCN6C(=O)C(C6CCOCC6)N(OC(=O)N6CCCC6c6ncc(-c7ccc8cc(-c9ccc(-c%10cnc(C%11CCCN%11C(=O)C(NC(=O)OC)C%11CCOCC%11)[nH]%10)cc9)ccc8c7)[nH]6)C(=O)OC)[nH]5)cc4)ccc3c2)[nH]1)c1ccccc1. The smallest absolute Gasteiger partial charge is 0.443 e. The highest BCUT2D eigenvalue weighted by Crippen LogP contribution is 2.42. The topological polar surface area (TPSA) is 330 Å². The summed E-state index contributed by atoms with van der Waals surface area (Å²) in [5.41, 5.74) is 11.7. The Balaban J connectivity index is 0.528. The number of aromatic amines is 4. The highest BCUT2D eigenvalue weighted by molar-refractivity contribution is 5.93. The van der Waals surface area contributed by atoms with Crippen molar-refractivity contribution in [2.75, 3.05) is 73.9 Å². The molecular formula is C89H93N15O13. The average Bonchev–Trinajstić information content (AvgIpc) is 1.69. The Morgan fingerprint density at radius 3 is 1.21 bits per heavy atom. The van der Waals surface area contributed by atoms with Crippen LogP contribution in [0.25, 0.3) is 88.8 Å². The van der Waals surface area contributed by atoms with Crippen molar-refractivity contribution in [3.8, 4) is 67.3 Å². The van der Waals surface area contributed by atoms with Crippen LogP contribution in [-0.4, -0.2) is 193 Å². The summed E-state index contributed by atoms with van der Waals surface area (Å²) in [4.78, 5) is 144. The first-order chi connectivity index (χ1) is 57.2. The first-order valence-corrected chi connectivity index (χ1v) is 40.4. The van der Waals surface area contributed by atoms with E-state index in [0.717, 1.165) is 120 Å². The van der Waals surface area contributed by atoms with Crippen LogP contribution < -0.4 is 10.6 Å². The maximum atomic E-state index is 15.5. The Bertz CT molecular complexity index is 5460. The minimum absolute atomic E-state index is 0.0587. The van der Waals surface area contributed by atoms with E-state index in [1.807, 2.05) is 59.6 Å². The molecule has 28 nitrogen and oxygen atoms in total. The van der Waals surface area contributed by atoms with E-state index in [1.54, 1.807) is 33.3 Å². The molecule has 0 spiro atoms. The molecule has 6 aliphatic heterocycles. The second-order valence-corrected chi connectivity index (χ2v) is 30.9. The first kappa shape index (κ1) is 76.9. The van der Waals surface area contributed by atoms with Crippen LogP contribution in [-0.2, 0) is 42.9 Å². The van der Waals surface area contributed by atoms with Gasteiger partial charge in [-0.3, -0.25) is 19.3 Å². The summed E-state index contributed by atoms with van der Waals surface area (Å²) in [5, 5.41) is 10.6. The van der Waals surface area contributed by atoms with Gasteiger partial charge in [-0.05, 0) is 174 Å². The molecule has 0 saturated carbocycles. The average molecular weight is 1580 g/mol. The van der Waals surface area contributed by atoms with Gasteiger partial charge in [-0.25, -0.2) is 39.1 Å². The summed E-state index contributed by atoms with van der Waals surface area (Å²) in [6.45, 7) is 3.58. The number of ether oxygens (including phenoxy) is 5. The van der Waals surface area contributed by atoms with Gasteiger partial charge in [-0.15, -0.1) is 5.06 Å². The van der Waals surface area contributed by atoms with Gasteiger partial charge in [0, 0.05) is 63.7 Å². The molecule has 28 heteroatoms. The fraction of sp³-hybridized carbons (Fsp3) is 0.360. The molecule has 7 aromatic carbocycles. The Morgan fingerprint density at radius 1 is 0.402 bits per heavy atom. The van der Waals surface area contributed by atoms with E-state index in [1.165, 1.54) is 21.3 Å². The number of carbonyl (C=O) groups excluding carboxylic acids is 7. The van der Waals surface area contributed by atoms with Gasteiger partial charge in [0.1, 0.15) is 35.4 Å². The molecule has 0 radical (unpaired) electrons. The molecule has 117 heavy (non-hydrogen) atoms. The predicted molar refractivity (Wildman–Crippen MR) is 434 cm³/mol. The fourth-order valence-electron chi connectivity index (χ4n) is 17.9. The number of amides is 7. The van der Waals surface area contributed by atoms with Crippen molar-refractivity contribution in [1.82, 2.24) is 75.2 Å². The molecule has 6 fully saturated rings. The number of benzene rings is 7. The number of carbonyl (C=O) groups is 7. The Kier molecular flexibility index (Phi) is 22.4. The highest BCUT2D eigenvalue weighted by Gasteiger charge is 2.48. The minimum atomic E-state index is -1.23. The Morgan fingerprint density at radius 2 is 0.769 bits per heavy atom. The monoisotopic (exact) mass is 1580 g/mol. The van der Waals surface area contributed by atoms with Crippen molar-refractivity contribution < 1.29 is 62.1 Å². The third-order valence-corrected chi connectivity index (χ3v) is 24.1. The molecule has 0 aliphatic carbocycles. The van der Waals surface area contributed by atoms with Crippen LogP contribution in [0.4, 0.5) is 19.2 Å². The molecule has 602 valence electrons. The number of hydrogen-bond acceptors (Lipinski definition) is 17. The quantitative estimate of drug-likeness (QED) is 0.0323.